The maximum absolute atomic E-state index is 11.5. The molecule has 0 aliphatic heterocycles. The number of aromatic carboxylic acids is 1. The molecule has 0 radical (unpaired) electrons. The minimum atomic E-state index is -0.986. The number of rotatable bonds is 10. The Labute approximate surface area is 217 Å². The number of aromatic nitrogens is 5. The van der Waals surface area contributed by atoms with E-state index in [4.69, 9.17) is 10.5 Å². The van der Waals surface area contributed by atoms with E-state index < -0.39 is 5.97 Å². The maximum Gasteiger partial charge on any atom is 0.335 e. The third-order valence-corrected chi connectivity index (χ3v) is 7.27. The Bertz CT molecular complexity index is 1420. The van der Waals surface area contributed by atoms with Crippen molar-refractivity contribution in [3.8, 4) is 17.1 Å². The number of fused-ring (bicyclic) bond motifs is 1. The molecule has 0 saturated heterocycles. The van der Waals surface area contributed by atoms with Gasteiger partial charge in [-0.25, -0.2) is 14.5 Å². The maximum atomic E-state index is 11.5. The number of carboxylic acids is 1. The van der Waals surface area contributed by atoms with Crippen LogP contribution in [0, 0.1) is 18.8 Å². The minimum absolute atomic E-state index is 0.196. The molecule has 36 heavy (non-hydrogen) atoms. The number of halogens is 1. The molecule has 1 fully saturated rings. The molecule has 3 aromatic heterocycles. The zero-order valence-electron chi connectivity index (χ0n) is 20.3. The van der Waals surface area contributed by atoms with Crippen LogP contribution < -0.4 is 10.5 Å². The molecule has 1 aromatic carbocycles. The molecule has 5 rings (SSSR count). The second-order valence-electron chi connectivity index (χ2n) is 9.48. The third-order valence-electron chi connectivity index (χ3n) is 6.78. The number of imidazole rings is 1. The van der Waals surface area contributed by atoms with Crippen molar-refractivity contribution in [3.63, 3.8) is 0 Å². The molecule has 1 aliphatic carbocycles. The van der Waals surface area contributed by atoms with E-state index in [-0.39, 0.29) is 5.56 Å². The topological polar surface area (TPSA) is 121 Å². The van der Waals surface area contributed by atoms with Crippen LogP contribution in [0.5, 0.6) is 5.88 Å². The molecule has 1 saturated carbocycles. The van der Waals surface area contributed by atoms with E-state index in [1.54, 1.807) is 29.9 Å². The van der Waals surface area contributed by atoms with Crippen molar-refractivity contribution in [2.75, 3.05) is 12.3 Å². The highest BCUT2D eigenvalue weighted by atomic mass is 79.9. The fourth-order valence-corrected chi connectivity index (χ4v) is 5.12. The molecule has 1 aliphatic rings. The van der Waals surface area contributed by atoms with Gasteiger partial charge in [-0.15, -0.1) is 0 Å². The van der Waals surface area contributed by atoms with E-state index in [1.165, 1.54) is 12.8 Å². The number of benzene rings is 1. The minimum Gasteiger partial charge on any atom is -0.478 e. The molecule has 3 heterocycles. The molecule has 10 heteroatoms. The summed E-state index contributed by atoms with van der Waals surface area (Å²) in [6.45, 7) is 3.15. The number of pyridine rings is 1. The summed E-state index contributed by atoms with van der Waals surface area (Å²) in [6, 6.07) is 9.12. The number of carboxylic acid groups (broad SMARTS) is 1. The predicted molar refractivity (Wildman–Crippen MR) is 141 cm³/mol. The number of anilines is 1. The molecule has 1 atom stereocenters. The van der Waals surface area contributed by atoms with Crippen LogP contribution in [0.3, 0.4) is 0 Å². The van der Waals surface area contributed by atoms with E-state index in [2.05, 4.69) is 41.6 Å². The monoisotopic (exact) mass is 552 g/mol. The summed E-state index contributed by atoms with van der Waals surface area (Å²) >= 11 is 3.54. The van der Waals surface area contributed by atoms with E-state index in [9.17, 15) is 9.90 Å². The van der Waals surface area contributed by atoms with Crippen LogP contribution in [-0.2, 0) is 13.6 Å². The molecule has 4 aromatic rings. The summed E-state index contributed by atoms with van der Waals surface area (Å²) in [6.07, 6.45) is 6.09. The van der Waals surface area contributed by atoms with Gasteiger partial charge in [0.15, 0.2) is 0 Å². The first-order valence-corrected chi connectivity index (χ1v) is 12.9. The normalized spacial score (nSPS) is 14.3. The van der Waals surface area contributed by atoms with E-state index >= 15 is 0 Å². The lowest BCUT2D eigenvalue weighted by atomic mass is 9.98. The first kappa shape index (κ1) is 24.3. The highest BCUT2D eigenvalue weighted by molar-refractivity contribution is 9.10. The Morgan fingerprint density at radius 1 is 1.28 bits per heavy atom. The summed E-state index contributed by atoms with van der Waals surface area (Å²) in [4.78, 5) is 20.5. The quantitative estimate of drug-likeness (QED) is 0.281. The van der Waals surface area contributed by atoms with Crippen LogP contribution in [0.1, 0.15) is 41.7 Å². The fraction of sp³-hybridized carbons (Fsp3) is 0.385. The molecule has 9 nitrogen and oxygen atoms in total. The highest BCUT2D eigenvalue weighted by Crippen LogP contribution is 2.40. The summed E-state index contributed by atoms with van der Waals surface area (Å²) in [5, 5.41) is 13.8. The van der Waals surface area contributed by atoms with Gasteiger partial charge in [-0.3, -0.25) is 4.98 Å². The van der Waals surface area contributed by atoms with Gasteiger partial charge in [0.05, 0.1) is 40.7 Å². The summed E-state index contributed by atoms with van der Waals surface area (Å²) in [5.74, 6) is 1.22. The summed E-state index contributed by atoms with van der Waals surface area (Å²) in [7, 11) is 1.82. The number of hydrogen-bond acceptors (Lipinski definition) is 6. The average molecular weight is 553 g/mol. The van der Waals surface area contributed by atoms with Crippen LogP contribution in [0.4, 0.5) is 5.95 Å². The van der Waals surface area contributed by atoms with E-state index in [0.29, 0.717) is 47.2 Å². The Morgan fingerprint density at radius 2 is 2.08 bits per heavy atom. The van der Waals surface area contributed by atoms with Gasteiger partial charge in [-0.2, -0.15) is 5.10 Å². The number of ether oxygens (including phenoxy) is 1. The Morgan fingerprint density at radius 3 is 2.83 bits per heavy atom. The van der Waals surface area contributed by atoms with Crippen molar-refractivity contribution < 1.29 is 14.6 Å². The largest absolute Gasteiger partial charge is 0.478 e. The van der Waals surface area contributed by atoms with Crippen molar-refractivity contribution in [1.29, 1.82) is 0 Å². The third kappa shape index (κ3) is 5.09. The zero-order valence-corrected chi connectivity index (χ0v) is 21.9. The van der Waals surface area contributed by atoms with Gasteiger partial charge < -0.3 is 20.1 Å². The van der Waals surface area contributed by atoms with E-state index in [1.807, 2.05) is 19.2 Å². The van der Waals surface area contributed by atoms with Crippen molar-refractivity contribution >= 4 is 38.9 Å². The zero-order chi connectivity index (χ0) is 25.4. The molecule has 0 unspecified atom stereocenters. The number of nitrogens with two attached hydrogens (primary N) is 1. The van der Waals surface area contributed by atoms with Crippen molar-refractivity contribution in [3.05, 3.63) is 52.3 Å². The van der Waals surface area contributed by atoms with Crippen LogP contribution >= 0.6 is 15.9 Å². The first-order chi connectivity index (χ1) is 17.3. The lowest BCUT2D eigenvalue weighted by molar-refractivity contribution is 0.0696. The second-order valence-corrected chi connectivity index (χ2v) is 10.4. The van der Waals surface area contributed by atoms with Crippen LogP contribution in [-0.4, -0.2) is 42.0 Å². The van der Waals surface area contributed by atoms with Gasteiger partial charge in [0.1, 0.15) is 0 Å². The standard InChI is InChI=1S/C26H29BrN6O3/c1-15-10-18(25(34)35)11-22(30-15)20-13-29-32(2)24(20)36-14-17(16-5-6-16)4-3-9-33-23-12-19(27)7-8-21(23)31-26(33)28/h7-8,10-13,16-17H,3-6,9,14H2,1-2H3,(H2,28,31)(H,34,35)/t17-/m1/s1. The Hall–Kier alpha value is -3.40. The van der Waals surface area contributed by atoms with Gasteiger partial charge in [0.2, 0.25) is 11.8 Å². The number of hydrogen-bond donors (Lipinski definition) is 2. The van der Waals surface area contributed by atoms with Crippen molar-refractivity contribution in [2.24, 2.45) is 18.9 Å². The van der Waals surface area contributed by atoms with E-state index in [0.717, 1.165) is 34.9 Å². The number of carbonyl (C=O) groups is 1. The second kappa shape index (κ2) is 9.93. The molecule has 188 valence electrons. The van der Waals surface area contributed by atoms with Gasteiger partial charge in [-0.05, 0) is 74.8 Å². The number of nitrogens with zero attached hydrogens (tertiary/aromatic N) is 5. The predicted octanol–water partition coefficient (Wildman–Crippen LogP) is 5.07. The van der Waals surface area contributed by atoms with Gasteiger partial charge in [-0.1, -0.05) is 15.9 Å². The molecular weight excluding hydrogens is 524 g/mol. The lowest BCUT2D eigenvalue weighted by Crippen LogP contribution is -2.17. The highest BCUT2D eigenvalue weighted by Gasteiger charge is 2.32. The Kier molecular flexibility index (Phi) is 6.70. The van der Waals surface area contributed by atoms with Gasteiger partial charge in [0, 0.05) is 23.8 Å². The molecule has 3 N–H and O–H groups in total. The average Bonchev–Trinajstić information content (AvgIpc) is 3.55. The lowest BCUT2D eigenvalue weighted by Gasteiger charge is -2.18. The SMILES string of the molecule is Cc1cc(C(=O)O)cc(-c2cnn(C)c2OC[C@@H](CCCn2c(N)nc3ccc(Br)cc32)C2CC2)n1. The smallest absolute Gasteiger partial charge is 0.335 e. The Balaban J connectivity index is 1.28. The summed E-state index contributed by atoms with van der Waals surface area (Å²) in [5.41, 5.74) is 10.2. The van der Waals surface area contributed by atoms with Gasteiger partial charge in [0.25, 0.3) is 0 Å². The van der Waals surface area contributed by atoms with Crippen LogP contribution in [0.25, 0.3) is 22.3 Å². The fourth-order valence-electron chi connectivity index (χ4n) is 4.77. The van der Waals surface area contributed by atoms with Crippen LogP contribution in [0.2, 0.25) is 0 Å². The first-order valence-electron chi connectivity index (χ1n) is 12.1. The molecule has 0 spiro atoms. The number of aryl methyl sites for hydroxylation is 3. The van der Waals surface area contributed by atoms with Crippen molar-refractivity contribution in [2.45, 2.75) is 39.2 Å². The molecule has 0 bridgehead atoms. The van der Waals surface area contributed by atoms with Gasteiger partial charge >= 0.3 is 5.97 Å². The number of nitrogen functional groups attached to an aromatic ring is 1. The molecular formula is C26H29BrN6O3. The van der Waals surface area contributed by atoms with Crippen molar-refractivity contribution in [1.82, 2.24) is 24.3 Å². The van der Waals surface area contributed by atoms with Crippen LogP contribution in [0.15, 0.2) is 41.0 Å². The summed E-state index contributed by atoms with van der Waals surface area (Å²) < 4.78 is 11.1. The molecule has 0 amide bonds.